The van der Waals surface area contributed by atoms with E-state index in [0.29, 0.717) is 12.1 Å². The maximum atomic E-state index is 13.0. The van der Waals surface area contributed by atoms with Crippen molar-refractivity contribution < 1.29 is 19.3 Å². The van der Waals surface area contributed by atoms with Crippen molar-refractivity contribution in [3.05, 3.63) is 59.9 Å². The SMILES string of the molecule is Cc1ncnc2c1ccn2[C@@H]1O[C@H](Cc2ccc(F)cc2)[C@@H](O)[C@H]1O. The van der Waals surface area contributed by atoms with Gasteiger partial charge in [-0.15, -0.1) is 0 Å². The third-order valence-corrected chi connectivity index (χ3v) is 4.67. The fourth-order valence-corrected chi connectivity index (χ4v) is 3.28. The molecule has 130 valence electrons. The number of hydrogen-bond acceptors (Lipinski definition) is 5. The number of benzene rings is 1. The molecule has 1 saturated heterocycles. The van der Waals surface area contributed by atoms with Gasteiger partial charge in [-0.1, -0.05) is 12.1 Å². The van der Waals surface area contributed by atoms with Crippen LogP contribution in [0.1, 0.15) is 17.5 Å². The summed E-state index contributed by atoms with van der Waals surface area (Å²) in [6.07, 6.45) is 0.141. The zero-order valence-corrected chi connectivity index (χ0v) is 13.6. The van der Waals surface area contributed by atoms with Crippen molar-refractivity contribution in [1.82, 2.24) is 14.5 Å². The number of rotatable bonds is 3. The van der Waals surface area contributed by atoms with Crippen LogP contribution < -0.4 is 0 Å². The summed E-state index contributed by atoms with van der Waals surface area (Å²) in [6.45, 7) is 1.88. The molecule has 1 aliphatic heterocycles. The summed E-state index contributed by atoms with van der Waals surface area (Å²) in [5.41, 5.74) is 2.31. The van der Waals surface area contributed by atoms with E-state index in [1.807, 2.05) is 13.0 Å². The molecule has 0 radical (unpaired) electrons. The van der Waals surface area contributed by atoms with Crippen molar-refractivity contribution >= 4 is 11.0 Å². The summed E-state index contributed by atoms with van der Waals surface area (Å²) in [5.74, 6) is -0.316. The first-order valence-electron chi connectivity index (χ1n) is 8.09. The van der Waals surface area contributed by atoms with Crippen LogP contribution in [-0.2, 0) is 11.2 Å². The van der Waals surface area contributed by atoms with Crippen molar-refractivity contribution in [3.63, 3.8) is 0 Å². The van der Waals surface area contributed by atoms with E-state index in [2.05, 4.69) is 9.97 Å². The van der Waals surface area contributed by atoms with Crippen molar-refractivity contribution in [2.75, 3.05) is 0 Å². The van der Waals surface area contributed by atoms with Crippen molar-refractivity contribution in [3.8, 4) is 0 Å². The molecule has 4 rings (SSSR count). The Balaban J connectivity index is 1.61. The highest BCUT2D eigenvalue weighted by Gasteiger charge is 2.43. The predicted molar refractivity (Wildman–Crippen MR) is 88.3 cm³/mol. The van der Waals surface area contributed by atoms with Crippen LogP contribution in [0.4, 0.5) is 4.39 Å². The third-order valence-electron chi connectivity index (χ3n) is 4.67. The van der Waals surface area contributed by atoms with Gasteiger partial charge in [-0.25, -0.2) is 14.4 Å². The first kappa shape index (κ1) is 16.1. The Morgan fingerprint density at radius 1 is 1.12 bits per heavy atom. The predicted octanol–water partition coefficient (Wildman–Crippen LogP) is 1.74. The van der Waals surface area contributed by atoms with E-state index in [1.165, 1.54) is 18.5 Å². The molecule has 0 bridgehead atoms. The Hall–Kier alpha value is -2.35. The molecule has 25 heavy (non-hydrogen) atoms. The number of aliphatic hydroxyl groups is 2. The number of aliphatic hydroxyl groups excluding tert-OH is 2. The molecule has 0 spiro atoms. The second kappa shape index (κ2) is 6.18. The molecule has 0 unspecified atom stereocenters. The summed E-state index contributed by atoms with van der Waals surface area (Å²) >= 11 is 0. The number of nitrogens with zero attached hydrogens (tertiary/aromatic N) is 3. The molecule has 1 fully saturated rings. The summed E-state index contributed by atoms with van der Waals surface area (Å²) in [6, 6.07) is 7.88. The van der Waals surface area contributed by atoms with Crippen molar-refractivity contribution in [1.29, 1.82) is 0 Å². The molecule has 3 heterocycles. The molecule has 1 aromatic carbocycles. The van der Waals surface area contributed by atoms with E-state index >= 15 is 0 Å². The first-order valence-corrected chi connectivity index (χ1v) is 8.09. The lowest BCUT2D eigenvalue weighted by molar-refractivity contribution is -0.0341. The molecule has 0 aliphatic carbocycles. The van der Waals surface area contributed by atoms with Gasteiger partial charge in [0.2, 0.25) is 0 Å². The lowest BCUT2D eigenvalue weighted by Crippen LogP contribution is -2.32. The van der Waals surface area contributed by atoms with Gasteiger partial charge in [0.05, 0.1) is 11.8 Å². The highest BCUT2D eigenvalue weighted by Crippen LogP contribution is 2.33. The van der Waals surface area contributed by atoms with Gasteiger partial charge in [-0.05, 0) is 30.7 Å². The van der Waals surface area contributed by atoms with Crippen molar-refractivity contribution in [2.24, 2.45) is 0 Å². The lowest BCUT2D eigenvalue weighted by atomic mass is 10.0. The summed E-state index contributed by atoms with van der Waals surface area (Å²) < 4.78 is 20.7. The van der Waals surface area contributed by atoms with Crippen LogP contribution in [0.5, 0.6) is 0 Å². The largest absolute Gasteiger partial charge is 0.388 e. The molecule has 4 atom stereocenters. The van der Waals surface area contributed by atoms with Gasteiger partial charge in [0.15, 0.2) is 6.23 Å². The Morgan fingerprint density at radius 3 is 2.64 bits per heavy atom. The molecule has 6 nitrogen and oxygen atoms in total. The van der Waals surface area contributed by atoms with Crippen LogP contribution in [0.3, 0.4) is 0 Å². The van der Waals surface area contributed by atoms with Gasteiger partial charge in [0.1, 0.15) is 30.0 Å². The van der Waals surface area contributed by atoms with Gasteiger partial charge in [0.25, 0.3) is 0 Å². The molecule has 7 heteroatoms. The van der Waals surface area contributed by atoms with Crippen LogP contribution in [0.2, 0.25) is 0 Å². The zero-order valence-electron chi connectivity index (χ0n) is 13.6. The van der Waals surface area contributed by atoms with E-state index in [4.69, 9.17) is 4.74 Å². The Bertz CT molecular complexity index is 896. The summed E-state index contributed by atoms with van der Waals surface area (Å²) in [4.78, 5) is 8.41. The van der Waals surface area contributed by atoms with E-state index < -0.39 is 24.5 Å². The molecule has 0 amide bonds. The summed E-state index contributed by atoms with van der Waals surface area (Å²) in [7, 11) is 0. The second-order valence-electron chi connectivity index (χ2n) is 6.30. The molecular weight excluding hydrogens is 325 g/mol. The number of aryl methyl sites for hydroxylation is 1. The minimum Gasteiger partial charge on any atom is -0.388 e. The smallest absolute Gasteiger partial charge is 0.164 e. The fourth-order valence-electron chi connectivity index (χ4n) is 3.28. The van der Waals surface area contributed by atoms with E-state index in [9.17, 15) is 14.6 Å². The number of hydrogen-bond donors (Lipinski definition) is 2. The van der Waals surface area contributed by atoms with Gasteiger partial charge in [-0.3, -0.25) is 0 Å². The van der Waals surface area contributed by atoms with Crippen LogP contribution >= 0.6 is 0 Å². The average molecular weight is 343 g/mol. The third kappa shape index (κ3) is 2.80. The minimum atomic E-state index is -1.09. The standard InChI is InChI=1S/C18H18FN3O3/c1-10-13-6-7-22(17(13)21-9-20-10)18-16(24)15(23)14(25-18)8-11-2-4-12(19)5-3-11/h2-7,9,14-16,18,23-24H,8H2,1H3/t14-,15-,16-,18-/m1/s1. The average Bonchev–Trinajstić information content (AvgIpc) is 3.14. The summed E-state index contributed by atoms with van der Waals surface area (Å²) in [5, 5.41) is 21.7. The molecule has 3 aromatic rings. The van der Waals surface area contributed by atoms with E-state index in [1.54, 1.807) is 22.9 Å². The Labute approximate surface area is 143 Å². The van der Waals surface area contributed by atoms with Gasteiger partial charge < -0.3 is 19.5 Å². The number of aromatic nitrogens is 3. The lowest BCUT2D eigenvalue weighted by Gasteiger charge is -2.17. The number of ether oxygens (including phenoxy) is 1. The molecule has 1 aliphatic rings. The van der Waals surface area contributed by atoms with Gasteiger partial charge in [-0.2, -0.15) is 0 Å². The Morgan fingerprint density at radius 2 is 1.88 bits per heavy atom. The fraction of sp³-hybridized carbons (Fsp3) is 0.333. The van der Waals surface area contributed by atoms with Crippen LogP contribution in [0.15, 0.2) is 42.9 Å². The van der Waals surface area contributed by atoms with Crippen LogP contribution in [0, 0.1) is 12.7 Å². The maximum Gasteiger partial charge on any atom is 0.164 e. The molecule has 2 N–H and O–H groups in total. The first-order chi connectivity index (χ1) is 12.0. The Kier molecular flexibility index (Phi) is 3.99. The van der Waals surface area contributed by atoms with E-state index in [0.717, 1.165) is 16.6 Å². The quantitative estimate of drug-likeness (QED) is 0.757. The maximum absolute atomic E-state index is 13.0. The number of halogens is 1. The number of fused-ring (bicyclic) bond motifs is 1. The zero-order chi connectivity index (χ0) is 17.6. The van der Waals surface area contributed by atoms with Gasteiger partial charge in [0, 0.05) is 18.0 Å². The highest BCUT2D eigenvalue weighted by atomic mass is 19.1. The van der Waals surface area contributed by atoms with Crippen LogP contribution in [0.25, 0.3) is 11.0 Å². The normalized spacial score (nSPS) is 26.4. The topological polar surface area (TPSA) is 80.4 Å². The minimum absolute atomic E-state index is 0.316. The highest BCUT2D eigenvalue weighted by molar-refractivity contribution is 5.78. The molecule has 0 saturated carbocycles. The van der Waals surface area contributed by atoms with Gasteiger partial charge >= 0.3 is 0 Å². The van der Waals surface area contributed by atoms with Crippen LogP contribution in [-0.4, -0.2) is 43.1 Å². The second-order valence-corrected chi connectivity index (χ2v) is 6.30. The monoisotopic (exact) mass is 343 g/mol. The van der Waals surface area contributed by atoms with E-state index in [-0.39, 0.29) is 5.82 Å². The molecule has 2 aromatic heterocycles. The van der Waals surface area contributed by atoms with Crippen molar-refractivity contribution in [2.45, 2.75) is 37.9 Å². The molecular formula is C18H18FN3O3.